The molecule has 7 heteroatoms. The Bertz CT molecular complexity index is 734. The first-order valence-corrected chi connectivity index (χ1v) is 7.85. The van der Waals surface area contributed by atoms with Crippen LogP contribution in [0.2, 0.25) is 0 Å². The summed E-state index contributed by atoms with van der Waals surface area (Å²) < 4.78 is 1.75. The van der Waals surface area contributed by atoms with Gasteiger partial charge in [-0.15, -0.1) is 0 Å². The number of aryl methyl sites for hydroxylation is 2. The lowest BCUT2D eigenvalue weighted by molar-refractivity contribution is -0.126. The van der Waals surface area contributed by atoms with Gasteiger partial charge in [-0.2, -0.15) is 5.10 Å². The Morgan fingerprint density at radius 1 is 1.21 bits per heavy atom. The van der Waals surface area contributed by atoms with Crippen LogP contribution >= 0.6 is 0 Å². The average molecular weight is 329 g/mol. The molecule has 1 atom stereocenters. The lowest BCUT2D eigenvalue weighted by atomic mass is 10.0. The van der Waals surface area contributed by atoms with Gasteiger partial charge in [0.05, 0.1) is 17.6 Å². The number of rotatable bonds is 5. The number of hydrogen-bond acceptors (Lipinski definition) is 4. The zero-order valence-corrected chi connectivity index (χ0v) is 14.6. The van der Waals surface area contributed by atoms with Crippen LogP contribution in [0.25, 0.3) is 5.82 Å². The minimum atomic E-state index is -0.585. The van der Waals surface area contributed by atoms with Gasteiger partial charge in [0.1, 0.15) is 6.04 Å². The Morgan fingerprint density at radius 3 is 2.38 bits per heavy atom. The maximum atomic E-state index is 12.3. The van der Waals surface area contributed by atoms with E-state index in [9.17, 15) is 9.59 Å². The van der Waals surface area contributed by atoms with Crippen molar-refractivity contribution in [1.82, 2.24) is 20.1 Å². The molecule has 2 amide bonds. The second-order valence-electron chi connectivity index (χ2n) is 6.16. The molecule has 0 radical (unpaired) electrons. The van der Waals surface area contributed by atoms with Crippen LogP contribution in [0.3, 0.4) is 0 Å². The summed E-state index contributed by atoms with van der Waals surface area (Å²) in [7, 11) is 0. The molecule has 2 aromatic rings. The summed E-state index contributed by atoms with van der Waals surface area (Å²) >= 11 is 0. The standard InChI is InChI=1S/C17H23N5O2/c1-10(2)16(19-13(5)23)17(24)20-14-6-7-15(18-9-14)22-12(4)8-11(3)21-22/h6-10,16H,1-5H3,(H,19,23)(H,20,24)/t16-/m0/s1. The largest absolute Gasteiger partial charge is 0.344 e. The van der Waals surface area contributed by atoms with E-state index in [1.165, 1.54) is 6.92 Å². The van der Waals surface area contributed by atoms with Crippen LogP contribution in [0.5, 0.6) is 0 Å². The fourth-order valence-electron chi connectivity index (χ4n) is 2.42. The van der Waals surface area contributed by atoms with Gasteiger partial charge in [0.2, 0.25) is 11.8 Å². The Kier molecular flexibility index (Phi) is 5.33. The highest BCUT2D eigenvalue weighted by Gasteiger charge is 2.23. The fourth-order valence-corrected chi connectivity index (χ4v) is 2.42. The predicted octanol–water partition coefficient (Wildman–Crippen LogP) is 1.98. The number of carbonyl (C=O) groups excluding carboxylic acids is 2. The summed E-state index contributed by atoms with van der Waals surface area (Å²) in [5.41, 5.74) is 2.48. The van der Waals surface area contributed by atoms with Crippen LogP contribution in [0.15, 0.2) is 24.4 Å². The number of hydrogen-bond donors (Lipinski definition) is 2. The van der Waals surface area contributed by atoms with E-state index >= 15 is 0 Å². The van der Waals surface area contributed by atoms with E-state index in [0.29, 0.717) is 11.5 Å². The number of carbonyl (C=O) groups is 2. The highest BCUT2D eigenvalue weighted by Crippen LogP contribution is 2.13. The van der Waals surface area contributed by atoms with Crippen LogP contribution < -0.4 is 10.6 Å². The second-order valence-corrected chi connectivity index (χ2v) is 6.16. The minimum absolute atomic E-state index is 0.0177. The minimum Gasteiger partial charge on any atom is -0.344 e. The molecule has 0 saturated carbocycles. The third-order valence-corrected chi connectivity index (χ3v) is 3.55. The van der Waals surface area contributed by atoms with Crippen molar-refractivity contribution in [2.45, 2.75) is 40.7 Å². The van der Waals surface area contributed by atoms with Crippen molar-refractivity contribution in [3.63, 3.8) is 0 Å². The quantitative estimate of drug-likeness (QED) is 0.878. The number of nitrogens with zero attached hydrogens (tertiary/aromatic N) is 3. The molecule has 0 aliphatic rings. The van der Waals surface area contributed by atoms with Gasteiger partial charge >= 0.3 is 0 Å². The summed E-state index contributed by atoms with van der Waals surface area (Å²) in [5, 5.41) is 9.82. The number of aromatic nitrogens is 3. The molecule has 0 unspecified atom stereocenters. The average Bonchev–Trinajstić information content (AvgIpc) is 2.83. The van der Waals surface area contributed by atoms with E-state index in [-0.39, 0.29) is 17.7 Å². The molecule has 7 nitrogen and oxygen atoms in total. The summed E-state index contributed by atoms with van der Waals surface area (Å²) in [6, 6.07) is 4.94. The van der Waals surface area contributed by atoms with Crippen molar-refractivity contribution in [3.8, 4) is 5.82 Å². The molecular weight excluding hydrogens is 306 g/mol. The van der Waals surface area contributed by atoms with E-state index in [1.807, 2.05) is 33.8 Å². The van der Waals surface area contributed by atoms with E-state index in [4.69, 9.17) is 0 Å². The highest BCUT2D eigenvalue weighted by atomic mass is 16.2. The number of pyridine rings is 1. The lowest BCUT2D eigenvalue weighted by Crippen LogP contribution is -2.46. The van der Waals surface area contributed by atoms with Gasteiger partial charge in [-0.25, -0.2) is 9.67 Å². The normalized spacial score (nSPS) is 12.1. The molecule has 2 N–H and O–H groups in total. The van der Waals surface area contributed by atoms with Crippen LogP contribution in [0.1, 0.15) is 32.2 Å². The van der Waals surface area contributed by atoms with Crippen molar-refractivity contribution >= 4 is 17.5 Å². The molecule has 0 spiro atoms. The van der Waals surface area contributed by atoms with Crippen LogP contribution in [0, 0.1) is 19.8 Å². The van der Waals surface area contributed by atoms with Crippen LogP contribution in [0.4, 0.5) is 5.69 Å². The van der Waals surface area contributed by atoms with Gasteiger partial charge in [-0.3, -0.25) is 9.59 Å². The molecule has 2 aromatic heterocycles. The Balaban J connectivity index is 2.12. The second kappa shape index (κ2) is 7.25. The first-order valence-electron chi connectivity index (χ1n) is 7.85. The molecular formula is C17H23N5O2. The smallest absolute Gasteiger partial charge is 0.247 e. The molecule has 0 aliphatic carbocycles. The maximum absolute atomic E-state index is 12.3. The summed E-state index contributed by atoms with van der Waals surface area (Å²) in [6.45, 7) is 9.03. The third kappa shape index (κ3) is 4.18. The zero-order chi connectivity index (χ0) is 17.9. The summed E-state index contributed by atoms with van der Waals surface area (Å²) in [4.78, 5) is 27.9. The van der Waals surface area contributed by atoms with Crippen molar-refractivity contribution < 1.29 is 9.59 Å². The molecule has 0 aliphatic heterocycles. The number of anilines is 1. The molecule has 0 bridgehead atoms. The zero-order valence-electron chi connectivity index (χ0n) is 14.6. The van der Waals surface area contributed by atoms with E-state index in [0.717, 1.165) is 11.4 Å². The first kappa shape index (κ1) is 17.7. The summed E-state index contributed by atoms with van der Waals surface area (Å²) in [5.74, 6) is 0.166. The highest BCUT2D eigenvalue weighted by molar-refractivity contribution is 5.97. The Labute approximate surface area is 141 Å². The van der Waals surface area contributed by atoms with Crippen molar-refractivity contribution in [2.24, 2.45) is 5.92 Å². The summed E-state index contributed by atoms with van der Waals surface area (Å²) in [6.07, 6.45) is 1.58. The first-order chi connectivity index (χ1) is 11.3. The SMILES string of the molecule is CC(=O)N[C@H](C(=O)Nc1ccc(-n2nc(C)cc2C)nc1)C(C)C. The number of nitrogens with one attached hydrogen (secondary N) is 2. The van der Waals surface area contributed by atoms with Gasteiger partial charge in [-0.1, -0.05) is 13.8 Å². The van der Waals surface area contributed by atoms with Crippen molar-refractivity contribution in [1.29, 1.82) is 0 Å². The predicted molar refractivity (Wildman–Crippen MR) is 91.9 cm³/mol. The molecule has 2 rings (SSSR count). The van der Waals surface area contributed by atoms with Gasteiger partial charge in [0.15, 0.2) is 5.82 Å². The fraction of sp³-hybridized carbons (Fsp3) is 0.412. The molecule has 0 aromatic carbocycles. The molecule has 2 heterocycles. The lowest BCUT2D eigenvalue weighted by Gasteiger charge is -2.20. The topological polar surface area (TPSA) is 88.9 Å². The van der Waals surface area contributed by atoms with Gasteiger partial charge in [0, 0.05) is 12.6 Å². The Morgan fingerprint density at radius 2 is 1.92 bits per heavy atom. The third-order valence-electron chi connectivity index (χ3n) is 3.55. The number of amides is 2. The molecule has 0 saturated heterocycles. The Hall–Kier alpha value is -2.70. The maximum Gasteiger partial charge on any atom is 0.247 e. The van der Waals surface area contributed by atoms with Crippen LogP contribution in [-0.2, 0) is 9.59 Å². The van der Waals surface area contributed by atoms with Crippen molar-refractivity contribution in [3.05, 3.63) is 35.8 Å². The molecule has 0 fully saturated rings. The molecule has 128 valence electrons. The van der Waals surface area contributed by atoms with Gasteiger partial charge in [0.25, 0.3) is 0 Å². The van der Waals surface area contributed by atoms with Crippen LogP contribution in [-0.4, -0.2) is 32.6 Å². The van der Waals surface area contributed by atoms with Crippen molar-refractivity contribution in [2.75, 3.05) is 5.32 Å². The molecule has 24 heavy (non-hydrogen) atoms. The monoisotopic (exact) mass is 329 g/mol. The van der Waals surface area contributed by atoms with E-state index in [2.05, 4.69) is 20.7 Å². The van der Waals surface area contributed by atoms with Gasteiger partial charge in [-0.05, 0) is 38.0 Å². The van der Waals surface area contributed by atoms with E-state index in [1.54, 1.807) is 23.0 Å². The van der Waals surface area contributed by atoms with Gasteiger partial charge < -0.3 is 10.6 Å². The van der Waals surface area contributed by atoms with E-state index < -0.39 is 6.04 Å².